The van der Waals surface area contributed by atoms with Crippen molar-refractivity contribution in [1.29, 1.82) is 0 Å². The Hall–Kier alpha value is -0.630. The fourth-order valence-electron chi connectivity index (χ4n) is 2.04. The van der Waals surface area contributed by atoms with Crippen LogP contribution in [0.1, 0.15) is 36.8 Å². The molecule has 0 heterocycles. The number of hydrogen-bond acceptors (Lipinski definition) is 1. The summed E-state index contributed by atoms with van der Waals surface area (Å²) in [6, 6.07) is 6.28. The van der Waals surface area contributed by atoms with Gasteiger partial charge in [-0.2, -0.15) is 0 Å². The van der Waals surface area contributed by atoms with Gasteiger partial charge in [0.05, 0.1) is 0 Å². The first-order valence-corrected chi connectivity index (χ1v) is 5.76. The normalized spacial score (nSPS) is 21.6. The molecule has 14 heavy (non-hydrogen) atoms. The van der Waals surface area contributed by atoms with E-state index >= 15 is 0 Å². The molecule has 1 aliphatic carbocycles. The van der Waals surface area contributed by atoms with Crippen molar-refractivity contribution in [2.75, 3.05) is 0 Å². The summed E-state index contributed by atoms with van der Waals surface area (Å²) in [5, 5.41) is 0. The van der Waals surface area contributed by atoms with E-state index in [0.29, 0.717) is 18.1 Å². The van der Waals surface area contributed by atoms with Crippen LogP contribution in [0.5, 0.6) is 0 Å². The quantitative estimate of drug-likeness (QED) is 0.647. The van der Waals surface area contributed by atoms with E-state index in [-0.39, 0.29) is 0 Å². The predicted molar refractivity (Wildman–Crippen MR) is 60.5 cm³/mol. The predicted octanol–water partition coefficient (Wildman–Crippen LogP) is 3.46. The summed E-state index contributed by atoms with van der Waals surface area (Å²) in [7, 11) is 0. The van der Waals surface area contributed by atoms with Crippen LogP contribution in [0.4, 0.5) is 0 Å². The van der Waals surface area contributed by atoms with Crippen LogP contribution in [0.3, 0.4) is 0 Å². The summed E-state index contributed by atoms with van der Waals surface area (Å²) in [5.74, 6) is 0.887. The molecule has 0 amide bonds. The molecule has 1 unspecified atom stereocenters. The van der Waals surface area contributed by atoms with Gasteiger partial charge in [-0.05, 0) is 35.6 Å². The molecule has 0 radical (unpaired) electrons. The molecular formula is C12H13BrO. The van der Waals surface area contributed by atoms with E-state index in [2.05, 4.69) is 41.1 Å². The van der Waals surface area contributed by atoms with E-state index in [9.17, 15) is 4.79 Å². The number of rotatable bonds is 0. The topological polar surface area (TPSA) is 17.1 Å². The molecule has 0 saturated carbocycles. The average Bonchev–Trinajstić information content (AvgIpc) is 2.26. The van der Waals surface area contributed by atoms with Crippen molar-refractivity contribution in [2.45, 2.75) is 32.1 Å². The molecule has 74 valence electrons. The van der Waals surface area contributed by atoms with Crippen LogP contribution in [-0.4, -0.2) is 5.78 Å². The minimum absolute atomic E-state index is 0.369. The summed E-state index contributed by atoms with van der Waals surface area (Å²) in [4.78, 5) is 11.5. The van der Waals surface area contributed by atoms with Crippen molar-refractivity contribution in [3.63, 3.8) is 0 Å². The smallest absolute Gasteiger partial charge is 0.137 e. The van der Waals surface area contributed by atoms with E-state index in [1.165, 1.54) is 11.1 Å². The zero-order valence-electron chi connectivity index (χ0n) is 8.22. The first kappa shape index (κ1) is 9.91. The van der Waals surface area contributed by atoms with Crippen molar-refractivity contribution in [3.05, 3.63) is 33.8 Å². The lowest BCUT2D eigenvalue weighted by atomic mass is 9.95. The Bertz CT molecular complexity index is 371. The Kier molecular flexibility index (Phi) is 2.73. The molecule has 0 N–H and O–H groups in total. The van der Waals surface area contributed by atoms with Gasteiger partial charge in [0.2, 0.25) is 0 Å². The number of ketones is 1. The number of carbonyl (C=O) groups is 1. The molecule has 0 bridgehead atoms. The lowest BCUT2D eigenvalue weighted by Gasteiger charge is -2.11. The summed E-state index contributed by atoms with van der Waals surface area (Å²) in [6.07, 6.45) is 2.33. The van der Waals surface area contributed by atoms with E-state index in [0.717, 1.165) is 17.3 Å². The van der Waals surface area contributed by atoms with Crippen molar-refractivity contribution >= 4 is 21.7 Å². The molecule has 2 rings (SSSR count). The second-order valence-electron chi connectivity index (χ2n) is 4.00. The van der Waals surface area contributed by atoms with Crippen molar-refractivity contribution in [2.24, 2.45) is 0 Å². The summed E-state index contributed by atoms with van der Waals surface area (Å²) in [5.41, 5.74) is 2.55. The van der Waals surface area contributed by atoms with Crippen LogP contribution in [0.15, 0.2) is 22.7 Å². The zero-order chi connectivity index (χ0) is 10.1. The third-order valence-electron chi connectivity index (χ3n) is 2.88. The highest BCUT2D eigenvalue weighted by Crippen LogP contribution is 2.30. The summed E-state index contributed by atoms with van der Waals surface area (Å²) in [6.45, 7) is 2.20. The number of fused-ring (bicyclic) bond motifs is 1. The first-order chi connectivity index (χ1) is 6.66. The molecule has 1 aromatic rings. The van der Waals surface area contributed by atoms with E-state index < -0.39 is 0 Å². The van der Waals surface area contributed by atoms with Gasteiger partial charge in [-0.3, -0.25) is 4.79 Å². The van der Waals surface area contributed by atoms with Crippen LogP contribution >= 0.6 is 15.9 Å². The average molecular weight is 253 g/mol. The van der Waals surface area contributed by atoms with Crippen molar-refractivity contribution < 1.29 is 4.79 Å². The standard InChI is InChI=1S/C12H13BrO/c1-8-2-4-11(14)7-9-6-10(13)3-5-12(8)9/h3,5-6,8H,2,4,7H2,1H3. The van der Waals surface area contributed by atoms with Gasteiger partial charge in [-0.15, -0.1) is 0 Å². The first-order valence-electron chi connectivity index (χ1n) is 4.97. The highest BCUT2D eigenvalue weighted by atomic mass is 79.9. The number of Topliss-reactive ketones (excluding diaryl/α,β-unsaturated/α-hetero) is 1. The molecule has 0 saturated heterocycles. The minimum Gasteiger partial charge on any atom is -0.299 e. The molecule has 0 aliphatic heterocycles. The molecule has 2 heteroatoms. The Balaban J connectivity index is 2.46. The van der Waals surface area contributed by atoms with Crippen LogP contribution < -0.4 is 0 Å². The molecule has 1 aromatic carbocycles. The second-order valence-corrected chi connectivity index (χ2v) is 4.91. The number of halogens is 1. The van der Waals surface area contributed by atoms with Gasteiger partial charge in [0.1, 0.15) is 5.78 Å². The largest absolute Gasteiger partial charge is 0.299 e. The Labute approximate surface area is 92.6 Å². The summed E-state index contributed by atoms with van der Waals surface area (Å²) < 4.78 is 1.07. The van der Waals surface area contributed by atoms with Crippen LogP contribution in [0.25, 0.3) is 0 Å². The number of hydrogen-bond donors (Lipinski definition) is 0. The second kappa shape index (κ2) is 3.85. The maximum absolute atomic E-state index is 11.5. The Morgan fingerprint density at radius 1 is 1.43 bits per heavy atom. The molecule has 0 fully saturated rings. The highest BCUT2D eigenvalue weighted by molar-refractivity contribution is 9.10. The van der Waals surface area contributed by atoms with Crippen LogP contribution in [0.2, 0.25) is 0 Å². The summed E-state index contributed by atoms with van der Waals surface area (Å²) >= 11 is 3.44. The maximum Gasteiger partial charge on any atom is 0.137 e. The van der Waals surface area contributed by atoms with E-state index in [1.54, 1.807) is 0 Å². The minimum atomic E-state index is 0.369. The maximum atomic E-state index is 11.5. The third kappa shape index (κ3) is 1.90. The lowest BCUT2D eigenvalue weighted by molar-refractivity contribution is -0.118. The highest BCUT2D eigenvalue weighted by Gasteiger charge is 2.18. The lowest BCUT2D eigenvalue weighted by Crippen LogP contribution is -1.99. The molecule has 1 aliphatic rings. The Morgan fingerprint density at radius 2 is 2.21 bits per heavy atom. The van der Waals surface area contributed by atoms with Gasteiger partial charge >= 0.3 is 0 Å². The fraction of sp³-hybridized carbons (Fsp3) is 0.417. The Morgan fingerprint density at radius 3 is 3.00 bits per heavy atom. The van der Waals surface area contributed by atoms with Crippen molar-refractivity contribution in [1.82, 2.24) is 0 Å². The SMILES string of the molecule is CC1CCC(=O)Cc2cc(Br)ccc21. The molecule has 0 aromatic heterocycles. The van der Waals surface area contributed by atoms with Gasteiger partial charge in [-0.1, -0.05) is 28.9 Å². The van der Waals surface area contributed by atoms with Gasteiger partial charge in [0.15, 0.2) is 0 Å². The van der Waals surface area contributed by atoms with Gasteiger partial charge in [-0.25, -0.2) is 0 Å². The number of benzene rings is 1. The molecule has 1 nitrogen and oxygen atoms in total. The van der Waals surface area contributed by atoms with E-state index in [4.69, 9.17) is 0 Å². The van der Waals surface area contributed by atoms with Gasteiger partial charge in [0, 0.05) is 17.3 Å². The van der Waals surface area contributed by atoms with Crippen molar-refractivity contribution in [3.8, 4) is 0 Å². The third-order valence-corrected chi connectivity index (χ3v) is 3.37. The zero-order valence-corrected chi connectivity index (χ0v) is 9.80. The molecular weight excluding hydrogens is 240 g/mol. The van der Waals surface area contributed by atoms with Crippen LogP contribution in [-0.2, 0) is 11.2 Å². The molecule has 1 atom stereocenters. The fourth-order valence-corrected chi connectivity index (χ4v) is 2.45. The van der Waals surface area contributed by atoms with Gasteiger partial charge < -0.3 is 0 Å². The van der Waals surface area contributed by atoms with Crippen LogP contribution in [0, 0.1) is 0 Å². The monoisotopic (exact) mass is 252 g/mol. The van der Waals surface area contributed by atoms with Gasteiger partial charge in [0.25, 0.3) is 0 Å². The van der Waals surface area contributed by atoms with E-state index in [1.807, 2.05) is 0 Å². The molecule has 0 spiro atoms. The number of carbonyl (C=O) groups excluding carboxylic acids is 1.